The monoisotopic (exact) mass is 294 g/mol. The SMILES string of the molecule is C[C@H]1C(=O)Nc2ccc(S(=O)(=O)N[C@H](C)C3CC3)cc21. The maximum Gasteiger partial charge on any atom is 0.240 e. The van der Waals surface area contributed by atoms with Gasteiger partial charge in [0.2, 0.25) is 15.9 Å². The third-order valence-corrected chi connectivity index (χ3v) is 5.68. The molecule has 0 radical (unpaired) electrons. The molecule has 0 saturated heterocycles. The lowest BCUT2D eigenvalue weighted by Crippen LogP contribution is -2.34. The fraction of sp³-hybridized carbons (Fsp3) is 0.500. The first-order valence-electron chi connectivity index (χ1n) is 6.85. The molecule has 0 spiro atoms. The molecule has 6 heteroatoms. The molecule has 2 aliphatic rings. The first-order chi connectivity index (χ1) is 9.38. The van der Waals surface area contributed by atoms with Crippen molar-refractivity contribution in [3.8, 4) is 0 Å². The van der Waals surface area contributed by atoms with Crippen LogP contribution in [0, 0.1) is 5.92 Å². The predicted octanol–water partition coefficient (Wildman–Crippen LogP) is 1.82. The quantitative estimate of drug-likeness (QED) is 0.889. The number of fused-ring (bicyclic) bond motifs is 1. The second-order valence-electron chi connectivity index (χ2n) is 5.71. The van der Waals surface area contributed by atoms with Gasteiger partial charge in [-0.25, -0.2) is 13.1 Å². The minimum atomic E-state index is -3.52. The molecule has 20 heavy (non-hydrogen) atoms. The maximum atomic E-state index is 12.3. The molecular formula is C14H18N2O3S. The number of carbonyl (C=O) groups excluding carboxylic acids is 1. The second-order valence-corrected chi connectivity index (χ2v) is 7.42. The Balaban J connectivity index is 1.89. The van der Waals surface area contributed by atoms with E-state index < -0.39 is 10.0 Å². The van der Waals surface area contributed by atoms with Crippen molar-refractivity contribution in [3.63, 3.8) is 0 Å². The maximum absolute atomic E-state index is 12.3. The molecule has 108 valence electrons. The summed E-state index contributed by atoms with van der Waals surface area (Å²) in [6, 6.07) is 4.76. The number of sulfonamides is 1. The van der Waals surface area contributed by atoms with Crippen LogP contribution in [0.4, 0.5) is 5.69 Å². The van der Waals surface area contributed by atoms with Crippen LogP contribution >= 0.6 is 0 Å². The lowest BCUT2D eigenvalue weighted by atomic mass is 10.0. The fourth-order valence-corrected chi connectivity index (χ4v) is 3.91. The van der Waals surface area contributed by atoms with Gasteiger partial charge in [-0.05, 0) is 56.4 Å². The Morgan fingerprint density at radius 1 is 1.35 bits per heavy atom. The lowest BCUT2D eigenvalue weighted by Gasteiger charge is -2.14. The average molecular weight is 294 g/mol. The molecule has 1 aromatic rings. The number of hydrogen-bond donors (Lipinski definition) is 2. The molecule has 2 atom stereocenters. The second kappa shape index (κ2) is 4.56. The summed E-state index contributed by atoms with van der Waals surface area (Å²) in [5.74, 6) is 0.0660. The third kappa shape index (κ3) is 2.33. The van der Waals surface area contributed by atoms with Gasteiger partial charge in [0.25, 0.3) is 0 Å². The Hall–Kier alpha value is -1.40. The summed E-state index contributed by atoms with van der Waals surface area (Å²) in [6.07, 6.45) is 2.17. The Morgan fingerprint density at radius 2 is 2.05 bits per heavy atom. The number of amides is 1. The van der Waals surface area contributed by atoms with Crippen LogP contribution in [-0.2, 0) is 14.8 Å². The van der Waals surface area contributed by atoms with Crippen LogP contribution in [0.5, 0.6) is 0 Å². The lowest BCUT2D eigenvalue weighted by molar-refractivity contribution is -0.116. The number of nitrogens with one attached hydrogen (secondary N) is 2. The van der Waals surface area contributed by atoms with Gasteiger partial charge in [0, 0.05) is 11.7 Å². The van der Waals surface area contributed by atoms with Gasteiger partial charge < -0.3 is 5.32 Å². The highest BCUT2D eigenvalue weighted by molar-refractivity contribution is 7.89. The largest absolute Gasteiger partial charge is 0.325 e. The van der Waals surface area contributed by atoms with Crippen molar-refractivity contribution in [2.75, 3.05) is 5.32 Å². The van der Waals surface area contributed by atoms with Crippen LogP contribution in [0.1, 0.15) is 38.2 Å². The van der Waals surface area contributed by atoms with E-state index in [9.17, 15) is 13.2 Å². The van der Waals surface area contributed by atoms with E-state index in [4.69, 9.17) is 0 Å². The molecule has 0 unspecified atom stereocenters. The number of anilines is 1. The van der Waals surface area contributed by atoms with E-state index in [0.29, 0.717) is 11.6 Å². The highest BCUT2D eigenvalue weighted by atomic mass is 32.2. The number of carbonyl (C=O) groups is 1. The minimum Gasteiger partial charge on any atom is -0.325 e. The summed E-state index contributed by atoms with van der Waals surface area (Å²) in [5, 5.41) is 2.74. The van der Waals surface area contributed by atoms with Gasteiger partial charge in [0.05, 0.1) is 10.8 Å². The van der Waals surface area contributed by atoms with Crippen LogP contribution in [0.3, 0.4) is 0 Å². The van der Waals surface area contributed by atoms with E-state index in [1.165, 1.54) is 0 Å². The Bertz CT molecular complexity index is 665. The normalized spacial score (nSPS) is 23.3. The van der Waals surface area contributed by atoms with Crippen molar-refractivity contribution in [1.29, 1.82) is 0 Å². The molecular weight excluding hydrogens is 276 g/mol. The molecule has 2 N–H and O–H groups in total. The predicted molar refractivity (Wildman–Crippen MR) is 76.0 cm³/mol. The molecule has 1 saturated carbocycles. The van der Waals surface area contributed by atoms with Crippen molar-refractivity contribution < 1.29 is 13.2 Å². The summed E-state index contributed by atoms with van der Waals surface area (Å²) in [4.78, 5) is 11.8. The summed E-state index contributed by atoms with van der Waals surface area (Å²) >= 11 is 0. The zero-order chi connectivity index (χ0) is 14.5. The third-order valence-electron chi connectivity index (χ3n) is 4.12. The zero-order valence-electron chi connectivity index (χ0n) is 11.5. The van der Waals surface area contributed by atoms with Crippen LogP contribution in [0.25, 0.3) is 0 Å². The first-order valence-corrected chi connectivity index (χ1v) is 8.34. The molecule has 5 nitrogen and oxygen atoms in total. The van der Waals surface area contributed by atoms with Crippen LogP contribution in [0.2, 0.25) is 0 Å². The van der Waals surface area contributed by atoms with Gasteiger partial charge in [-0.1, -0.05) is 0 Å². The molecule has 1 aromatic carbocycles. The first kappa shape index (κ1) is 13.6. The summed E-state index contributed by atoms with van der Waals surface area (Å²) in [6.45, 7) is 3.67. The Kier molecular flexibility index (Phi) is 3.10. The smallest absolute Gasteiger partial charge is 0.240 e. The molecule has 1 amide bonds. The molecule has 1 aliphatic heterocycles. The highest BCUT2D eigenvalue weighted by Gasteiger charge is 2.32. The van der Waals surface area contributed by atoms with Gasteiger partial charge in [-0.15, -0.1) is 0 Å². The standard InChI is InChI=1S/C14H18N2O3S/c1-8-12-7-11(5-6-13(12)15-14(8)17)20(18,19)16-9(2)10-3-4-10/h5-10,16H,3-4H2,1-2H3,(H,15,17)/t8-,9-/m1/s1. The highest BCUT2D eigenvalue weighted by Crippen LogP contribution is 2.35. The number of benzene rings is 1. The van der Waals surface area contributed by atoms with Gasteiger partial charge in [0.1, 0.15) is 0 Å². The van der Waals surface area contributed by atoms with Crippen LogP contribution in [0.15, 0.2) is 23.1 Å². The summed E-state index contributed by atoms with van der Waals surface area (Å²) in [7, 11) is -3.52. The van der Waals surface area contributed by atoms with E-state index in [0.717, 1.165) is 18.4 Å². The van der Waals surface area contributed by atoms with Crippen LogP contribution < -0.4 is 10.0 Å². The van der Waals surface area contributed by atoms with Gasteiger partial charge in [-0.2, -0.15) is 0 Å². The van der Waals surface area contributed by atoms with E-state index in [2.05, 4.69) is 10.0 Å². The van der Waals surface area contributed by atoms with E-state index in [1.54, 1.807) is 25.1 Å². The van der Waals surface area contributed by atoms with Crippen molar-refractivity contribution in [2.24, 2.45) is 5.92 Å². The van der Waals surface area contributed by atoms with Crippen molar-refractivity contribution in [1.82, 2.24) is 4.72 Å². The van der Waals surface area contributed by atoms with Crippen molar-refractivity contribution >= 4 is 21.6 Å². The molecule has 1 aliphatic carbocycles. The molecule has 3 rings (SSSR count). The van der Waals surface area contributed by atoms with Crippen molar-refractivity contribution in [3.05, 3.63) is 23.8 Å². The number of hydrogen-bond acceptors (Lipinski definition) is 3. The Labute approximate surface area is 118 Å². The van der Waals surface area contributed by atoms with Gasteiger partial charge in [0.15, 0.2) is 0 Å². The molecule has 1 fully saturated rings. The van der Waals surface area contributed by atoms with E-state index >= 15 is 0 Å². The van der Waals surface area contributed by atoms with Crippen LogP contribution in [-0.4, -0.2) is 20.4 Å². The molecule has 1 heterocycles. The Morgan fingerprint density at radius 3 is 2.70 bits per heavy atom. The van der Waals surface area contributed by atoms with E-state index in [1.807, 2.05) is 6.92 Å². The topological polar surface area (TPSA) is 75.3 Å². The fourth-order valence-electron chi connectivity index (χ4n) is 2.57. The molecule has 0 aromatic heterocycles. The van der Waals surface area contributed by atoms with Gasteiger partial charge in [-0.3, -0.25) is 4.79 Å². The number of rotatable bonds is 4. The van der Waals surface area contributed by atoms with E-state index in [-0.39, 0.29) is 22.8 Å². The van der Waals surface area contributed by atoms with Crippen molar-refractivity contribution in [2.45, 2.75) is 43.5 Å². The minimum absolute atomic E-state index is 0.0366. The summed E-state index contributed by atoms with van der Waals surface area (Å²) in [5.41, 5.74) is 1.45. The average Bonchev–Trinajstić information content (AvgIpc) is 3.18. The zero-order valence-corrected chi connectivity index (χ0v) is 12.3. The van der Waals surface area contributed by atoms with Gasteiger partial charge >= 0.3 is 0 Å². The molecule has 0 bridgehead atoms. The summed E-state index contributed by atoms with van der Waals surface area (Å²) < 4.78 is 27.4.